The van der Waals surface area contributed by atoms with Crippen molar-refractivity contribution in [1.29, 1.82) is 0 Å². The van der Waals surface area contributed by atoms with Crippen molar-refractivity contribution in [2.24, 2.45) is 0 Å². The number of ether oxygens (including phenoxy) is 1. The largest absolute Gasteiger partial charge is 0.495 e. The van der Waals surface area contributed by atoms with E-state index in [-0.39, 0.29) is 5.56 Å². The van der Waals surface area contributed by atoms with Crippen molar-refractivity contribution < 1.29 is 19.1 Å². The summed E-state index contributed by atoms with van der Waals surface area (Å²) in [6.45, 7) is 2.34. The number of benzene rings is 1. The molecule has 0 radical (unpaired) electrons. The molecule has 2 N–H and O–H groups in total. The SMILES string of the molecule is COc1ccc(C(=O)O)cc1NCc1ccc(C)o1. The van der Waals surface area contributed by atoms with Crippen molar-refractivity contribution in [3.05, 3.63) is 47.4 Å². The molecule has 0 unspecified atom stereocenters. The number of furan rings is 1. The van der Waals surface area contributed by atoms with Crippen LogP contribution in [0.3, 0.4) is 0 Å². The molecule has 0 atom stereocenters. The number of carboxylic acids is 1. The van der Waals surface area contributed by atoms with Gasteiger partial charge in [0.15, 0.2) is 0 Å². The molecule has 100 valence electrons. The minimum atomic E-state index is -0.973. The Morgan fingerprint density at radius 3 is 2.74 bits per heavy atom. The van der Waals surface area contributed by atoms with Crippen molar-refractivity contribution in [3.8, 4) is 5.75 Å². The summed E-state index contributed by atoms with van der Waals surface area (Å²) in [5, 5.41) is 12.1. The number of methoxy groups -OCH3 is 1. The van der Waals surface area contributed by atoms with Crippen LogP contribution in [0, 0.1) is 6.92 Å². The lowest BCUT2D eigenvalue weighted by Crippen LogP contribution is -2.03. The van der Waals surface area contributed by atoms with Gasteiger partial charge in [-0.2, -0.15) is 0 Å². The summed E-state index contributed by atoms with van der Waals surface area (Å²) in [4.78, 5) is 10.9. The summed E-state index contributed by atoms with van der Waals surface area (Å²) in [5.74, 6) is 1.23. The number of anilines is 1. The minimum absolute atomic E-state index is 0.207. The zero-order valence-corrected chi connectivity index (χ0v) is 10.8. The lowest BCUT2D eigenvalue weighted by molar-refractivity contribution is 0.0697. The van der Waals surface area contributed by atoms with Crippen LogP contribution in [0.4, 0.5) is 5.69 Å². The Morgan fingerprint density at radius 2 is 2.16 bits per heavy atom. The summed E-state index contributed by atoms with van der Waals surface area (Å²) in [6.07, 6.45) is 0. The second kappa shape index (κ2) is 5.48. The molecule has 5 heteroatoms. The highest BCUT2D eigenvalue weighted by Crippen LogP contribution is 2.26. The van der Waals surface area contributed by atoms with E-state index < -0.39 is 5.97 Å². The number of hydrogen-bond donors (Lipinski definition) is 2. The maximum atomic E-state index is 10.9. The van der Waals surface area contributed by atoms with Gasteiger partial charge in [-0.25, -0.2) is 4.79 Å². The van der Waals surface area contributed by atoms with Crippen LogP contribution in [0.1, 0.15) is 21.9 Å². The molecule has 0 spiro atoms. The van der Waals surface area contributed by atoms with Gasteiger partial charge >= 0.3 is 5.97 Å². The van der Waals surface area contributed by atoms with Crippen LogP contribution in [0.5, 0.6) is 5.75 Å². The molecule has 0 aliphatic heterocycles. The third-order valence-corrected chi connectivity index (χ3v) is 2.70. The van der Waals surface area contributed by atoms with Gasteiger partial charge in [0, 0.05) is 0 Å². The van der Waals surface area contributed by atoms with E-state index in [4.69, 9.17) is 14.3 Å². The van der Waals surface area contributed by atoms with Crippen LogP contribution in [0.2, 0.25) is 0 Å². The summed E-state index contributed by atoms with van der Waals surface area (Å²) in [5.41, 5.74) is 0.829. The number of nitrogens with one attached hydrogen (secondary N) is 1. The van der Waals surface area contributed by atoms with E-state index in [1.165, 1.54) is 19.2 Å². The van der Waals surface area contributed by atoms with E-state index in [0.717, 1.165) is 11.5 Å². The van der Waals surface area contributed by atoms with E-state index in [1.54, 1.807) is 6.07 Å². The highest BCUT2D eigenvalue weighted by atomic mass is 16.5. The first-order valence-electron chi connectivity index (χ1n) is 5.80. The van der Waals surface area contributed by atoms with Gasteiger partial charge < -0.3 is 19.6 Å². The van der Waals surface area contributed by atoms with Gasteiger partial charge in [-0.3, -0.25) is 0 Å². The quantitative estimate of drug-likeness (QED) is 0.865. The molecule has 2 aromatic rings. The molecule has 2 rings (SSSR count). The van der Waals surface area contributed by atoms with Crippen molar-refractivity contribution in [1.82, 2.24) is 0 Å². The molecular formula is C14H15NO4. The van der Waals surface area contributed by atoms with Crippen molar-refractivity contribution in [3.63, 3.8) is 0 Å². The number of carbonyl (C=O) groups is 1. The molecule has 1 aromatic heterocycles. The van der Waals surface area contributed by atoms with Crippen molar-refractivity contribution in [2.45, 2.75) is 13.5 Å². The van der Waals surface area contributed by atoms with Crippen LogP contribution in [0.15, 0.2) is 34.7 Å². The first-order chi connectivity index (χ1) is 9.10. The molecule has 1 aromatic carbocycles. The second-order valence-electron chi connectivity index (χ2n) is 4.09. The van der Waals surface area contributed by atoms with Crippen LogP contribution in [-0.4, -0.2) is 18.2 Å². The predicted molar refractivity (Wildman–Crippen MR) is 70.7 cm³/mol. The van der Waals surface area contributed by atoms with E-state index in [1.807, 2.05) is 19.1 Å². The Morgan fingerprint density at radius 1 is 1.37 bits per heavy atom. The first kappa shape index (κ1) is 13.0. The molecule has 19 heavy (non-hydrogen) atoms. The van der Waals surface area contributed by atoms with E-state index in [9.17, 15) is 4.79 Å². The van der Waals surface area contributed by atoms with E-state index in [2.05, 4.69) is 5.32 Å². The van der Waals surface area contributed by atoms with Gasteiger partial charge in [0.05, 0.1) is 24.9 Å². The van der Waals surface area contributed by atoms with Crippen molar-refractivity contribution in [2.75, 3.05) is 12.4 Å². The van der Waals surface area contributed by atoms with Crippen molar-refractivity contribution >= 4 is 11.7 Å². The summed E-state index contributed by atoms with van der Waals surface area (Å²) in [6, 6.07) is 8.41. The molecule has 0 saturated carbocycles. The summed E-state index contributed by atoms with van der Waals surface area (Å²) < 4.78 is 10.6. The van der Waals surface area contributed by atoms with Gasteiger partial charge in [0.2, 0.25) is 0 Å². The van der Waals surface area contributed by atoms with E-state index >= 15 is 0 Å². The van der Waals surface area contributed by atoms with Gasteiger partial charge in [-0.15, -0.1) is 0 Å². The number of aromatic carboxylic acids is 1. The van der Waals surface area contributed by atoms with Gasteiger partial charge in [-0.05, 0) is 37.3 Å². The third kappa shape index (κ3) is 3.07. The fraction of sp³-hybridized carbons (Fsp3) is 0.214. The monoisotopic (exact) mass is 261 g/mol. The molecular weight excluding hydrogens is 246 g/mol. The van der Waals surface area contributed by atoms with Crippen LogP contribution in [-0.2, 0) is 6.54 Å². The van der Waals surface area contributed by atoms with Gasteiger partial charge in [-0.1, -0.05) is 0 Å². The Bertz CT molecular complexity index is 589. The van der Waals surface area contributed by atoms with Crippen LogP contribution >= 0.6 is 0 Å². The summed E-state index contributed by atoms with van der Waals surface area (Å²) >= 11 is 0. The fourth-order valence-electron chi connectivity index (χ4n) is 1.74. The molecule has 0 amide bonds. The smallest absolute Gasteiger partial charge is 0.335 e. The zero-order chi connectivity index (χ0) is 13.8. The molecule has 0 saturated heterocycles. The lowest BCUT2D eigenvalue weighted by atomic mass is 10.2. The number of carboxylic acid groups (broad SMARTS) is 1. The lowest BCUT2D eigenvalue weighted by Gasteiger charge is -2.11. The average molecular weight is 261 g/mol. The highest BCUT2D eigenvalue weighted by Gasteiger charge is 2.09. The summed E-state index contributed by atoms with van der Waals surface area (Å²) in [7, 11) is 1.54. The maximum Gasteiger partial charge on any atom is 0.335 e. The molecule has 0 aliphatic carbocycles. The molecule has 0 fully saturated rings. The molecule has 0 aliphatic rings. The molecule has 1 heterocycles. The number of aryl methyl sites for hydroxylation is 1. The Hall–Kier alpha value is -2.43. The topological polar surface area (TPSA) is 71.7 Å². The number of hydrogen-bond acceptors (Lipinski definition) is 4. The second-order valence-corrected chi connectivity index (χ2v) is 4.09. The normalized spacial score (nSPS) is 10.2. The third-order valence-electron chi connectivity index (χ3n) is 2.70. The highest BCUT2D eigenvalue weighted by molar-refractivity contribution is 5.89. The number of rotatable bonds is 5. The standard InChI is InChI=1S/C14H15NO4/c1-9-3-5-11(19-9)8-15-12-7-10(14(16)17)4-6-13(12)18-2/h3-7,15H,8H2,1-2H3,(H,16,17). The van der Waals surface area contributed by atoms with Gasteiger partial charge in [0.25, 0.3) is 0 Å². The molecule has 5 nitrogen and oxygen atoms in total. The van der Waals surface area contributed by atoms with Crippen LogP contribution in [0.25, 0.3) is 0 Å². The zero-order valence-electron chi connectivity index (χ0n) is 10.8. The predicted octanol–water partition coefficient (Wildman–Crippen LogP) is 2.91. The molecule has 0 bridgehead atoms. The minimum Gasteiger partial charge on any atom is -0.495 e. The Kier molecular flexibility index (Phi) is 3.75. The maximum absolute atomic E-state index is 10.9. The van der Waals surface area contributed by atoms with Crippen LogP contribution < -0.4 is 10.1 Å². The first-order valence-corrected chi connectivity index (χ1v) is 5.80. The average Bonchev–Trinajstić information content (AvgIpc) is 2.81. The fourth-order valence-corrected chi connectivity index (χ4v) is 1.74. The Labute approximate surface area is 110 Å². The Balaban J connectivity index is 2.17. The van der Waals surface area contributed by atoms with E-state index in [0.29, 0.717) is 18.0 Å². The van der Waals surface area contributed by atoms with Gasteiger partial charge in [0.1, 0.15) is 17.3 Å².